The van der Waals surface area contributed by atoms with Gasteiger partial charge in [0, 0.05) is 29.9 Å². The van der Waals surface area contributed by atoms with Crippen LogP contribution in [0.5, 0.6) is 0 Å². The summed E-state index contributed by atoms with van der Waals surface area (Å²) < 4.78 is 7.01. The van der Waals surface area contributed by atoms with E-state index in [1.165, 1.54) is 0 Å². The van der Waals surface area contributed by atoms with E-state index in [0.29, 0.717) is 16.9 Å². The van der Waals surface area contributed by atoms with Crippen molar-refractivity contribution in [1.82, 2.24) is 14.5 Å². The molecule has 0 bridgehead atoms. The lowest BCUT2D eigenvalue weighted by molar-refractivity contribution is 0.0635. The molecule has 1 amide bonds. The lowest BCUT2D eigenvalue weighted by Gasteiger charge is -2.19. The number of hydrogen-bond donors (Lipinski definition) is 2. The maximum atomic E-state index is 11.9. The lowest BCUT2D eigenvalue weighted by atomic mass is 10.0. The summed E-state index contributed by atoms with van der Waals surface area (Å²) in [5.74, 6) is 0.226. The van der Waals surface area contributed by atoms with Gasteiger partial charge in [-0.2, -0.15) is 5.26 Å². The molecular weight excluding hydrogens is 358 g/mol. The highest BCUT2D eigenvalue weighted by molar-refractivity contribution is 5.95. The van der Waals surface area contributed by atoms with Crippen LogP contribution < -0.4 is 5.32 Å². The normalized spacial score (nSPS) is 11.3. The monoisotopic (exact) mass is 379 g/mol. The van der Waals surface area contributed by atoms with Gasteiger partial charge in [-0.05, 0) is 50.6 Å². The van der Waals surface area contributed by atoms with Crippen molar-refractivity contribution in [1.29, 1.82) is 5.26 Å². The molecule has 0 aromatic carbocycles. The Hall–Kier alpha value is -3.44. The first-order chi connectivity index (χ1) is 13.2. The van der Waals surface area contributed by atoms with Crippen LogP contribution in [0.15, 0.2) is 30.5 Å². The third-order valence-corrected chi connectivity index (χ3v) is 4.11. The Bertz CT molecular complexity index is 1090. The van der Waals surface area contributed by atoms with Gasteiger partial charge in [-0.15, -0.1) is 0 Å². The van der Waals surface area contributed by atoms with Crippen LogP contribution in [0.25, 0.3) is 22.2 Å². The molecule has 2 N–H and O–H groups in total. The number of nitrogens with zero attached hydrogens (tertiary/aromatic N) is 4. The first-order valence-electron chi connectivity index (χ1n) is 8.69. The summed E-state index contributed by atoms with van der Waals surface area (Å²) >= 11 is 0. The molecule has 0 atom stereocenters. The van der Waals surface area contributed by atoms with Crippen LogP contribution >= 0.6 is 0 Å². The molecule has 0 saturated heterocycles. The van der Waals surface area contributed by atoms with E-state index in [-0.39, 0.29) is 18.1 Å². The van der Waals surface area contributed by atoms with Gasteiger partial charge in [0.2, 0.25) is 0 Å². The van der Waals surface area contributed by atoms with E-state index >= 15 is 0 Å². The van der Waals surface area contributed by atoms with Gasteiger partial charge in [0.1, 0.15) is 23.1 Å². The average Bonchev–Trinajstić information content (AvgIpc) is 2.96. The summed E-state index contributed by atoms with van der Waals surface area (Å²) in [6, 6.07) is 9.04. The van der Waals surface area contributed by atoms with Crippen molar-refractivity contribution >= 4 is 22.9 Å². The van der Waals surface area contributed by atoms with E-state index in [0.717, 1.165) is 10.9 Å². The van der Waals surface area contributed by atoms with Crippen LogP contribution in [0.1, 0.15) is 32.2 Å². The van der Waals surface area contributed by atoms with E-state index in [1.54, 1.807) is 49.7 Å². The molecule has 0 spiro atoms. The van der Waals surface area contributed by atoms with Gasteiger partial charge in [-0.1, -0.05) is 0 Å². The molecular formula is C20H21N5O3. The van der Waals surface area contributed by atoms with E-state index in [1.807, 2.05) is 13.1 Å². The molecule has 3 heterocycles. The second-order valence-corrected chi connectivity index (χ2v) is 7.28. The Morgan fingerprint density at radius 3 is 2.71 bits per heavy atom. The first kappa shape index (κ1) is 19.3. The standard InChI is InChI=1S/C20H21N5O3/c1-20(2,3)28-19(27)24-17-6-5-14(16(10-21)23-17)13-7-8-22-18-15(13)9-12(11-26)25(18)4/h5-9,26H,11H2,1-4H3,(H,23,24,27). The molecule has 0 aliphatic heterocycles. The molecule has 144 valence electrons. The number of pyridine rings is 2. The van der Waals surface area contributed by atoms with Crippen molar-refractivity contribution in [3.63, 3.8) is 0 Å². The highest BCUT2D eigenvalue weighted by atomic mass is 16.6. The Kier molecular flexibility index (Phi) is 5.03. The number of hydrogen-bond acceptors (Lipinski definition) is 6. The minimum Gasteiger partial charge on any atom is -0.444 e. The van der Waals surface area contributed by atoms with E-state index < -0.39 is 11.7 Å². The number of anilines is 1. The Morgan fingerprint density at radius 1 is 1.32 bits per heavy atom. The van der Waals surface area contributed by atoms with Crippen molar-refractivity contribution in [3.05, 3.63) is 41.9 Å². The van der Waals surface area contributed by atoms with Crippen molar-refractivity contribution in [2.75, 3.05) is 5.32 Å². The van der Waals surface area contributed by atoms with Crippen LogP contribution in [-0.2, 0) is 18.4 Å². The number of carbonyl (C=O) groups excluding carboxylic acids is 1. The number of fused-ring (bicyclic) bond motifs is 1. The summed E-state index contributed by atoms with van der Waals surface area (Å²) in [7, 11) is 1.82. The number of carbonyl (C=O) groups is 1. The van der Waals surface area contributed by atoms with Crippen molar-refractivity contribution in [3.8, 4) is 17.2 Å². The summed E-state index contributed by atoms with van der Waals surface area (Å²) in [5.41, 5.74) is 2.32. The summed E-state index contributed by atoms with van der Waals surface area (Å²) in [5, 5.41) is 22.4. The molecule has 0 saturated carbocycles. The van der Waals surface area contributed by atoms with Crippen LogP contribution in [0.4, 0.5) is 10.6 Å². The van der Waals surface area contributed by atoms with E-state index in [4.69, 9.17) is 4.74 Å². The van der Waals surface area contributed by atoms with Gasteiger partial charge in [0.15, 0.2) is 5.69 Å². The zero-order valence-electron chi connectivity index (χ0n) is 16.1. The third kappa shape index (κ3) is 3.80. The predicted octanol–water partition coefficient (Wildman–Crippen LogP) is 3.35. The first-order valence-corrected chi connectivity index (χ1v) is 8.69. The quantitative estimate of drug-likeness (QED) is 0.721. The SMILES string of the molecule is Cn1c(CO)cc2c(-c3ccc(NC(=O)OC(C)(C)C)nc3C#N)ccnc21. The number of nitriles is 1. The predicted molar refractivity (Wildman–Crippen MR) is 104 cm³/mol. The Morgan fingerprint density at radius 2 is 2.07 bits per heavy atom. The third-order valence-electron chi connectivity index (χ3n) is 4.11. The van der Waals surface area contributed by atoms with Gasteiger partial charge in [0.05, 0.1) is 6.61 Å². The van der Waals surface area contributed by atoms with Crippen molar-refractivity contribution in [2.24, 2.45) is 7.05 Å². The number of amides is 1. The van der Waals surface area contributed by atoms with Gasteiger partial charge in [0.25, 0.3) is 0 Å². The lowest BCUT2D eigenvalue weighted by Crippen LogP contribution is -2.27. The molecule has 0 unspecified atom stereocenters. The second kappa shape index (κ2) is 7.29. The second-order valence-electron chi connectivity index (χ2n) is 7.28. The average molecular weight is 379 g/mol. The topological polar surface area (TPSA) is 113 Å². The number of aryl methyl sites for hydroxylation is 1. The fourth-order valence-electron chi connectivity index (χ4n) is 2.90. The molecule has 0 aliphatic carbocycles. The number of nitrogens with one attached hydrogen (secondary N) is 1. The van der Waals surface area contributed by atoms with Crippen molar-refractivity contribution in [2.45, 2.75) is 33.0 Å². The number of ether oxygens (including phenoxy) is 1. The number of aliphatic hydroxyl groups is 1. The molecule has 0 radical (unpaired) electrons. The molecule has 3 aromatic heterocycles. The summed E-state index contributed by atoms with van der Waals surface area (Å²) in [6.07, 6.45) is 1.01. The maximum absolute atomic E-state index is 11.9. The Balaban J connectivity index is 2.01. The van der Waals surface area contributed by atoms with E-state index in [9.17, 15) is 15.2 Å². The van der Waals surface area contributed by atoms with Gasteiger partial charge in [-0.3, -0.25) is 5.32 Å². The zero-order chi connectivity index (χ0) is 20.5. The highest BCUT2D eigenvalue weighted by Crippen LogP contribution is 2.31. The zero-order valence-corrected chi connectivity index (χ0v) is 16.1. The summed E-state index contributed by atoms with van der Waals surface area (Å²) in [6.45, 7) is 5.17. The highest BCUT2D eigenvalue weighted by Gasteiger charge is 2.18. The van der Waals surface area contributed by atoms with E-state index in [2.05, 4.69) is 21.4 Å². The fraction of sp³-hybridized carbons (Fsp3) is 0.300. The van der Waals surface area contributed by atoms with Crippen LogP contribution in [0, 0.1) is 11.3 Å². The smallest absolute Gasteiger partial charge is 0.413 e. The van der Waals surface area contributed by atoms with Gasteiger partial charge < -0.3 is 14.4 Å². The van der Waals surface area contributed by atoms with Crippen molar-refractivity contribution < 1.29 is 14.6 Å². The minimum atomic E-state index is -0.640. The number of rotatable bonds is 3. The van der Waals surface area contributed by atoms with Crippen LogP contribution in [0.3, 0.4) is 0 Å². The molecule has 0 aliphatic rings. The molecule has 8 nitrogen and oxygen atoms in total. The summed E-state index contributed by atoms with van der Waals surface area (Å²) in [4.78, 5) is 20.5. The number of aromatic nitrogens is 3. The van der Waals surface area contributed by atoms with Gasteiger partial charge >= 0.3 is 6.09 Å². The molecule has 3 aromatic rings. The minimum absolute atomic E-state index is 0.117. The fourth-order valence-corrected chi connectivity index (χ4v) is 2.90. The van der Waals surface area contributed by atoms with Crippen LogP contribution in [0.2, 0.25) is 0 Å². The Labute approximate surface area is 162 Å². The number of aliphatic hydroxyl groups excluding tert-OH is 1. The van der Waals surface area contributed by atoms with Gasteiger partial charge in [-0.25, -0.2) is 14.8 Å². The molecule has 0 fully saturated rings. The van der Waals surface area contributed by atoms with Crippen LogP contribution in [-0.4, -0.2) is 31.3 Å². The molecule has 3 rings (SSSR count). The maximum Gasteiger partial charge on any atom is 0.413 e. The largest absolute Gasteiger partial charge is 0.444 e. The molecule has 28 heavy (non-hydrogen) atoms. The molecule has 8 heteroatoms.